The standard InChI is InChI=1S/C15H20O5S/c1-19-13-8-11(10-6-4-5-7-10)14(21(3,17)18)9-12(13)15(16)20-2/h8-10H,4-7H2,1-3H3. The lowest BCUT2D eigenvalue weighted by molar-refractivity contribution is 0.0596. The normalized spacial score (nSPS) is 16.0. The van der Waals surface area contributed by atoms with E-state index in [2.05, 4.69) is 0 Å². The molecular formula is C15H20O5S. The first-order valence-electron chi connectivity index (χ1n) is 6.88. The second kappa shape index (κ2) is 6.05. The van der Waals surface area contributed by atoms with Gasteiger partial charge in [-0.15, -0.1) is 0 Å². The van der Waals surface area contributed by atoms with Crippen molar-refractivity contribution in [2.45, 2.75) is 36.5 Å². The van der Waals surface area contributed by atoms with Crippen molar-refractivity contribution in [2.75, 3.05) is 20.5 Å². The van der Waals surface area contributed by atoms with Gasteiger partial charge in [0.15, 0.2) is 9.84 Å². The van der Waals surface area contributed by atoms with Crippen molar-refractivity contribution in [2.24, 2.45) is 0 Å². The van der Waals surface area contributed by atoms with E-state index in [-0.39, 0.29) is 16.4 Å². The number of hydrogen-bond donors (Lipinski definition) is 0. The summed E-state index contributed by atoms with van der Waals surface area (Å²) in [7, 11) is -0.708. The number of ether oxygens (including phenoxy) is 2. The monoisotopic (exact) mass is 312 g/mol. The van der Waals surface area contributed by atoms with E-state index in [4.69, 9.17) is 9.47 Å². The Morgan fingerprint density at radius 1 is 1.19 bits per heavy atom. The molecule has 21 heavy (non-hydrogen) atoms. The smallest absolute Gasteiger partial charge is 0.341 e. The number of benzene rings is 1. The molecule has 0 bridgehead atoms. The molecule has 0 aromatic heterocycles. The summed E-state index contributed by atoms with van der Waals surface area (Å²) in [5.41, 5.74) is 0.890. The van der Waals surface area contributed by atoms with Crippen LogP contribution in [-0.2, 0) is 14.6 Å². The lowest BCUT2D eigenvalue weighted by Crippen LogP contribution is -2.11. The minimum atomic E-state index is -3.42. The topological polar surface area (TPSA) is 69.7 Å². The summed E-state index contributed by atoms with van der Waals surface area (Å²) in [6.45, 7) is 0. The molecule has 0 atom stereocenters. The van der Waals surface area contributed by atoms with Gasteiger partial charge in [-0.05, 0) is 36.5 Å². The Labute approximate surface area is 125 Å². The van der Waals surface area contributed by atoms with Gasteiger partial charge in [0.2, 0.25) is 0 Å². The fourth-order valence-corrected chi connectivity index (χ4v) is 3.88. The molecule has 0 saturated heterocycles. The van der Waals surface area contributed by atoms with Gasteiger partial charge in [0, 0.05) is 6.26 Å². The van der Waals surface area contributed by atoms with E-state index in [0.717, 1.165) is 37.5 Å². The average Bonchev–Trinajstić information content (AvgIpc) is 2.98. The predicted molar refractivity (Wildman–Crippen MR) is 78.7 cm³/mol. The molecule has 5 nitrogen and oxygen atoms in total. The summed E-state index contributed by atoms with van der Waals surface area (Å²) >= 11 is 0. The molecule has 1 aliphatic carbocycles. The molecule has 1 aliphatic rings. The molecule has 0 radical (unpaired) electrons. The van der Waals surface area contributed by atoms with Crippen molar-refractivity contribution < 1.29 is 22.7 Å². The molecule has 1 fully saturated rings. The second-order valence-electron chi connectivity index (χ2n) is 5.34. The zero-order valence-electron chi connectivity index (χ0n) is 12.5. The summed E-state index contributed by atoms with van der Waals surface area (Å²) in [5.74, 6) is -0.0406. The first kappa shape index (κ1) is 15.8. The first-order valence-corrected chi connectivity index (χ1v) is 8.78. The number of sulfone groups is 1. The molecule has 0 unspecified atom stereocenters. The highest BCUT2D eigenvalue weighted by Gasteiger charge is 2.27. The van der Waals surface area contributed by atoms with E-state index >= 15 is 0 Å². The summed E-state index contributed by atoms with van der Waals surface area (Å²) in [5, 5.41) is 0. The van der Waals surface area contributed by atoms with Crippen molar-refractivity contribution in [3.63, 3.8) is 0 Å². The molecule has 0 heterocycles. The van der Waals surface area contributed by atoms with Crippen LogP contribution in [0.25, 0.3) is 0 Å². The number of carbonyl (C=O) groups is 1. The summed E-state index contributed by atoms with van der Waals surface area (Å²) < 4.78 is 34.1. The maximum atomic E-state index is 12.1. The molecule has 0 spiro atoms. The van der Waals surface area contributed by atoms with E-state index in [1.165, 1.54) is 20.3 Å². The van der Waals surface area contributed by atoms with Gasteiger partial charge in [0.05, 0.1) is 19.1 Å². The Kier molecular flexibility index (Phi) is 4.56. The van der Waals surface area contributed by atoms with Gasteiger partial charge in [0.25, 0.3) is 0 Å². The molecule has 0 N–H and O–H groups in total. The van der Waals surface area contributed by atoms with Crippen molar-refractivity contribution in [1.82, 2.24) is 0 Å². The highest BCUT2D eigenvalue weighted by atomic mass is 32.2. The highest BCUT2D eigenvalue weighted by Crippen LogP contribution is 2.40. The van der Waals surface area contributed by atoms with Crippen LogP contribution >= 0.6 is 0 Å². The van der Waals surface area contributed by atoms with Crippen molar-refractivity contribution in [3.8, 4) is 5.75 Å². The van der Waals surface area contributed by atoms with Gasteiger partial charge in [-0.3, -0.25) is 0 Å². The molecule has 1 aromatic carbocycles. The Balaban J connectivity index is 2.66. The number of rotatable bonds is 4. The van der Waals surface area contributed by atoms with E-state index in [1.807, 2.05) is 0 Å². The average molecular weight is 312 g/mol. The Morgan fingerprint density at radius 2 is 1.81 bits per heavy atom. The van der Waals surface area contributed by atoms with E-state index in [9.17, 15) is 13.2 Å². The van der Waals surface area contributed by atoms with Gasteiger partial charge in [0.1, 0.15) is 11.3 Å². The molecule has 1 aromatic rings. The fraction of sp³-hybridized carbons (Fsp3) is 0.533. The molecular weight excluding hydrogens is 292 g/mol. The molecule has 6 heteroatoms. The van der Waals surface area contributed by atoms with Crippen LogP contribution in [0.15, 0.2) is 17.0 Å². The SMILES string of the molecule is COC(=O)c1cc(S(C)(=O)=O)c(C2CCCC2)cc1OC. The third kappa shape index (κ3) is 3.20. The van der Waals surface area contributed by atoms with Gasteiger partial charge < -0.3 is 9.47 Å². The van der Waals surface area contributed by atoms with Crippen LogP contribution in [0.1, 0.15) is 47.5 Å². The van der Waals surface area contributed by atoms with E-state index in [0.29, 0.717) is 5.75 Å². The van der Waals surface area contributed by atoms with E-state index < -0.39 is 15.8 Å². The van der Waals surface area contributed by atoms with Crippen molar-refractivity contribution in [1.29, 1.82) is 0 Å². The van der Waals surface area contributed by atoms with Gasteiger partial charge in [-0.1, -0.05) is 12.8 Å². The van der Waals surface area contributed by atoms with Crippen LogP contribution in [0.5, 0.6) is 5.75 Å². The second-order valence-corrected chi connectivity index (χ2v) is 7.32. The van der Waals surface area contributed by atoms with Gasteiger partial charge in [-0.25, -0.2) is 13.2 Å². The van der Waals surface area contributed by atoms with Crippen LogP contribution in [-0.4, -0.2) is 34.9 Å². The zero-order chi connectivity index (χ0) is 15.6. The Morgan fingerprint density at radius 3 is 2.29 bits per heavy atom. The predicted octanol–water partition coefficient (Wildman–Crippen LogP) is 2.54. The van der Waals surface area contributed by atoms with Crippen LogP contribution in [0.3, 0.4) is 0 Å². The third-order valence-electron chi connectivity index (χ3n) is 3.93. The summed E-state index contributed by atoms with van der Waals surface area (Å²) in [6.07, 6.45) is 5.27. The van der Waals surface area contributed by atoms with Gasteiger partial charge in [-0.2, -0.15) is 0 Å². The zero-order valence-corrected chi connectivity index (χ0v) is 13.3. The highest BCUT2D eigenvalue weighted by molar-refractivity contribution is 7.90. The third-order valence-corrected chi connectivity index (χ3v) is 5.08. The number of esters is 1. The van der Waals surface area contributed by atoms with Crippen LogP contribution in [0, 0.1) is 0 Å². The Bertz CT molecular complexity index is 642. The summed E-state index contributed by atoms with van der Waals surface area (Å²) in [4.78, 5) is 12.0. The van der Waals surface area contributed by atoms with Gasteiger partial charge >= 0.3 is 5.97 Å². The quantitative estimate of drug-likeness (QED) is 0.799. The lowest BCUT2D eigenvalue weighted by Gasteiger charge is -2.17. The van der Waals surface area contributed by atoms with Crippen molar-refractivity contribution in [3.05, 3.63) is 23.3 Å². The number of methoxy groups -OCH3 is 2. The molecule has 2 rings (SSSR count). The number of carbonyl (C=O) groups excluding carboxylic acids is 1. The molecule has 0 aliphatic heterocycles. The minimum Gasteiger partial charge on any atom is -0.496 e. The largest absolute Gasteiger partial charge is 0.496 e. The van der Waals surface area contributed by atoms with Crippen molar-refractivity contribution >= 4 is 15.8 Å². The fourth-order valence-electron chi connectivity index (χ4n) is 2.89. The summed E-state index contributed by atoms with van der Waals surface area (Å²) in [6, 6.07) is 3.06. The molecule has 1 saturated carbocycles. The molecule has 116 valence electrons. The minimum absolute atomic E-state index is 0.141. The first-order chi connectivity index (χ1) is 9.88. The van der Waals surface area contributed by atoms with Crippen LogP contribution in [0.2, 0.25) is 0 Å². The lowest BCUT2D eigenvalue weighted by atomic mass is 9.96. The molecule has 0 amide bonds. The Hall–Kier alpha value is -1.56. The maximum Gasteiger partial charge on any atom is 0.341 e. The van der Waals surface area contributed by atoms with Crippen LogP contribution < -0.4 is 4.74 Å². The van der Waals surface area contributed by atoms with E-state index in [1.54, 1.807) is 6.07 Å². The maximum absolute atomic E-state index is 12.1. The number of hydrogen-bond acceptors (Lipinski definition) is 5. The van der Waals surface area contributed by atoms with Crippen LogP contribution in [0.4, 0.5) is 0 Å².